The number of fused-ring (bicyclic) bond motifs is 2. The zero-order chi connectivity index (χ0) is 6.97. The first-order valence-electron chi connectivity index (χ1n) is 4.88. The fourth-order valence-corrected chi connectivity index (χ4v) is 3.01. The monoisotopic (exact) mass is 154 g/mol. The predicted molar refractivity (Wildman–Crippen MR) is 50.6 cm³/mol. The minimum absolute atomic E-state index is 0. The summed E-state index contributed by atoms with van der Waals surface area (Å²) in [5, 5.41) is 0. The lowest BCUT2D eigenvalue weighted by atomic mass is 9.65. The molecule has 2 aliphatic carbocycles. The van der Waals surface area contributed by atoms with Gasteiger partial charge < -0.3 is 0 Å². The van der Waals surface area contributed by atoms with Crippen molar-refractivity contribution in [2.75, 3.05) is 0 Å². The highest BCUT2D eigenvalue weighted by Crippen LogP contribution is 2.43. The van der Waals surface area contributed by atoms with Crippen molar-refractivity contribution in [2.45, 2.75) is 52.9 Å². The lowest BCUT2D eigenvalue weighted by Gasteiger charge is -2.40. The van der Waals surface area contributed by atoms with Crippen LogP contribution in [0, 0.1) is 17.8 Å². The maximum atomic E-state index is 2.48. The molecule has 0 nitrogen and oxygen atoms in total. The maximum absolute atomic E-state index is 2.48. The molecule has 0 aromatic heterocycles. The summed E-state index contributed by atoms with van der Waals surface area (Å²) in [6, 6.07) is 0. The largest absolute Gasteiger partial charge is 0.0776 e. The van der Waals surface area contributed by atoms with Crippen LogP contribution in [0.25, 0.3) is 0 Å². The first-order valence-corrected chi connectivity index (χ1v) is 4.88. The summed E-state index contributed by atoms with van der Waals surface area (Å²) in [5.74, 6) is 3.31. The highest BCUT2D eigenvalue weighted by molar-refractivity contribution is 4.83. The molecule has 0 aliphatic heterocycles. The van der Waals surface area contributed by atoms with Crippen molar-refractivity contribution in [3.8, 4) is 0 Å². The molecule has 0 aromatic carbocycles. The standard InChI is InChI=1S/C10H18.CH4/c1-8-9-4-2-5-10(8)7-3-6-9;/h8-10H,2-7H2,1H3;1H4. The molecule has 66 valence electrons. The summed E-state index contributed by atoms with van der Waals surface area (Å²) in [6.07, 6.45) is 9.21. The molecule has 2 fully saturated rings. The van der Waals surface area contributed by atoms with Gasteiger partial charge in [-0.1, -0.05) is 52.9 Å². The molecule has 0 spiro atoms. The summed E-state index contributed by atoms with van der Waals surface area (Å²) < 4.78 is 0. The van der Waals surface area contributed by atoms with Crippen LogP contribution in [0.2, 0.25) is 0 Å². The molecular formula is C11H22. The molecule has 0 N–H and O–H groups in total. The SMILES string of the molecule is C.CC1C2CCCC1CCC2. The van der Waals surface area contributed by atoms with Gasteiger partial charge in [0.15, 0.2) is 0 Å². The minimum atomic E-state index is 0. The van der Waals surface area contributed by atoms with E-state index in [4.69, 9.17) is 0 Å². The van der Waals surface area contributed by atoms with E-state index < -0.39 is 0 Å². The summed E-state index contributed by atoms with van der Waals surface area (Å²) in [6.45, 7) is 2.48. The summed E-state index contributed by atoms with van der Waals surface area (Å²) in [4.78, 5) is 0. The van der Waals surface area contributed by atoms with Crippen LogP contribution in [0.1, 0.15) is 52.9 Å². The van der Waals surface area contributed by atoms with Gasteiger partial charge in [0.25, 0.3) is 0 Å². The van der Waals surface area contributed by atoms with E-state index in [0.717, 1.165) is 17.8 Å². The molecule has 2 rings (SSSR count). The van der Waals surface area contributed by atoms with Crippen molar-refractivity contribution in [1.29, 1.82) is 0 Å². The van der Waals surface area contributed by atoms with E-state index in [-0.39, 0.29) is 7.43 Å². The van der Waals surface area contributed by atoms with Gasteiger partial charge in [0.1, 0.15) is 0 Å². The van der Waals surface area contributed by atoms with Gasteiger partial charge in [0.2, 0.25) is 0 Å². The molecule has 2 bridgehead atoms. The van der Waals surface area contributed by atoms with Crippen molar-refractivity contribution in [3.63, 3.8) is 0 Å². The van der Waals surface area contributed by atoms with Gasteiger partial charge in [-0.3, -0.25) is 0 Å². The molecule has 0 aromatic rings. The first-order chi connectivity index (χ1) is 4.88. The molecule has 2 saturated carbocycles. The normalized spacial score (nSPS) is 42.8. The maximum Gasteiger partial charge on any atom is -0.0386 e. The second kappa shape index (κ2) is 3.60. The van der Waals surface area contributed by atoms with Gasteiger partial charge in [0, 0.05) is 0 Å². The van der Waals surface area contributed by atoms with Crippen LogP contribution in [0.3, 0.4) is 0 Å². The fraction of sp³-hybridized carbons (Fsp3) is 1.00. The van der Waals surface area contributed by atoms with Crippen molar-refractivity contribution >= 4 is 0 Å². The van der Waals surface area contributed by atoms with Crippen LogP contribution < -0.4 is 0 Å². The second-order valence-electron chi connectivity index (χ2n) is 4.24. The molecule has 0 saturated heterocycles. The molecule has 2 aliphatic rings. The Morgan fingerprint density at radius 2 is 1.18 bits per heavy atom. The van der Waals surface area contributed by atoms with Gasteiger partial charge in [-0.05, 0) is 17.8 Å². The Bertz CT molecular complexity index is 95.2. The third-order valence-corrected chi connectivity index (χ3v) is 3.79. The zero-order valence-electron chi connectivity index (χ0n) is 6.97. The van der Waals surface area contributed by atoms with E-state index >= 15 is 0 Å². The Morgan fingerprint density at radius 3 is 1.45 bits per heavy atom. The Morgan fingerprint density at radius 1 is 0.818 bits per heavy atom. The van der Waals surface area contributed by atoms with Gasteiger partial charge in [-0.15, -0.1) is 0 Å². The van der Waals surface area contributed by atoms with Crippen LogP contribution in [0.4, 0.5) is 0 Å². The van der Waals surface area contributed by atoms with Crippen molar-refractivity contribution in [1.82, 2.24) is 0 Å². The van der Waals surface area contributed by atoms with Crippen molar-refractivity contribution in [2.24, 2.45) is 17.8 Å². The van der Waals surface area contributed by atoms with Crippen LogP contribution in [-0.4, -0.2) is 0 Å². The van der Waals surface area contributed by atoms with Crippen LogP contribution in [0.5, 0.6) is 0 Å². The fourth-order valence-electron chi connectivity index (χ4n) is 3.01. The van der Waals surface area contributed by atoms with Crippen LogP contribution in [0.15, 0.2) is 0 Å². The number of hydrogen-bond acceptors (Lipinski definition) is 0. The lowest BCUT2D eigenvalue weighted by molar-refractivity contribution is 0.107. The summed E-state index contributed by atoms with van der Waals surface area (Å²) in [7, 11) is 0. The Balaban J connectivity index is 0.000000605. The molecule has 11 heavy (non-hydrogen) atoms. The lowest BCUT2D eigenvalue weighted by Crippen LogP contribution is -2.29. The third kappa shape index (κ3) is 1.60. The first kappa shape index (κ1) is 9.09. The smallest absolute Gasteiger partial charge is 0.0386 e. The van der Waals surface area contributed by atoms with Gasteiger partial charge in [0.05, 0.1) is 0 Å². The summed E-state index contributed by atoms with van der Waals surface area (Å²) in [5.41, 5.74) is 0. The van der Waals surface area contributed by atoms with Crippen LogP contribution >= 0.6 is 0 Å². The van der Waals surface area contributed by atoms with Gasteiger partial charge >= 0.3 is 0 Å². The average Bonchev–Trinajstić information content (AvgIpc) is 1.86. The quantitative estimate of drug-likeness (QED) is 0.497. The Labute approximate surface area is 71.4 Å². The minimum Gasteiger partial charge on any atom is -0.0776 e. The average molecular weight is 154 g/mol. The van der Waals surface area contributed by atoms with E-state index in [1.807, 2.05) is 0 Å². The molecule has 0 atom stereocenters. The van der Waals surface area contributed by atoms with E-state index in [2.05, 4.69) is 6.92 Å². The number of hydrogen-bond donors (Lipinski definition) is 0. The van der Waals surface area contributed by atoms with Crippen molar-refractivity contribution in [3.05, 3.63) is 0 Å². The number of rotatable bonds is 0. The van der Waals surface area contributed by atoms with Gasteiger partial charge in [-0.2, -0.15) is 0 Å². The second-order valence-corrected chi connectivity index (χ2v) is 4.24. The Kier molecular flexibility index (Phi) is 2.98. The highest BCUT2D eigenvalue weighted by atomic mass is 14.4. The third-order valence-electron chi connectivity index (χ3n) is 3.79. The topological polar surface area (TPSA) is 0 Å². The highest BCUT2D eigenvalue weighted by Gasteiger charge is 2.32. The zero-order valence-corrected chi connectivity index (χ0v) is 6.97. The van der Waals surface area contributed by atoms with Crippen molar-refractivity contribution < 1.29 is 0 Å². The molecule has 0 amide bonds. The predicted octanol–water partition coefficient (Wildman–Crippen LogP) is 3.86. The molecular weight excluding hydrogens is 132 g/mol. The van der Waals surface area contributed by atoms with E-state index in [1.54, 1.807) is 0 Å². The molecule has 0 heteroatoms. The van der Waals surface area contributed by atoms with Crippen LogP contribution in [-0.2, 0) is 0 Å². The van der Waals surface area contributed by atoms with E-state index in [0.29, 0.717) is 0 Å². The molecule has 0 unspecified atom stereocenters. The molecule has 0 heterocycles. The summed E-state index contributed by atoms with van der Waals surface area (Å²) >= 11 is 0. The van der Waals surface area contributed by atoms with E-state index in [1.165, 1.54) is 38.5 Å². The molecule has 0 radical (unpaired) electrons. The Hall–Kier alpha value is 0. The van der Waals surface area contributed by atoms with Gasteiger partial charge in [-0.25, -0.2) is 0 Å². The van der Waals surface area contributed by atoms with E-state index in [9.17, 15) is 0 Å².